The Kier molecular flexibility index (Phi) is 3.56. The van der Waals surface area contributed by atoms with E-state index >= 15 is 0 Å². The molecule has 4 rings (SSSR count). The molecule has 2 aliphatic rings. The van der Waals surface area contributed by atoms with E-state index in [0.29, 0.717) is 20.6 Å². The summed E-state index contributed by atoms with van der Waals surface area (Å²) in [6.07, 6.45) is 3.41. The number of thiophene rings is 1. The van der Waals surface area contributed by atoms with E-state index in [4.69, 9.17) is 0 Å². The van der Waals surface area contributed by atoms with Crippen molar-refractivity contribution in [2.45, 2.75) is 0 Å². The second-order valence-corrected chi connectivity index (χ2v) is 9.49. The summed E-state index contributed by atoms with van der Waals surface area (Å²) in [6, 6.07) is 7.39. The van der Waals surface area contributed by atoms with Crippen LogP contribution in [0, 0.1) is 2.88 Å². The molecule has 0 amide bonds. The lowest BCUT2D eigenvalue weighted by molar-refractivity contribution is -0.358. The fourth-order valence-electron chi connectivity index (χ4n) is 2.83. The maximum atomic E-state index is 15.0. The second-order valence-electron chi connectivity index (χ2n) is 4.89. The Bertz CT molecular complexity index is 913. The van der Waals surface area contributed by atoms with Crippen LogP contribution < -0.4 is 0 Å². The van der Waals surface area contributed by atoms with Crippen molar-refractivity contribution in [1.82, 2.24) is 4.48 Å². The van der Waals surface area contributed by atoms with E-state index in [1.165, 1.54) is 0 Å². The lowest BCUT2D eigenvalue weighted by atomic mass is 9.88. The summed E-state index contributed by atoms with van der Waals surface area (Å²) in [5.41, 5.74) is 1.90. The molecular weight excluding hydrogens is 552 g/mol. The van der Waals surface area contributed by atoms with Crippen LogP contribution in [0.2, 0.25) is 0 Å². The van der Waals surface area contributed by atoms with Crippen LogP contribution in [0.3, 0.4) is 0 Å². The highest BCUT2D eigenvalue weighted by Crippen LogP contribution is 2.43. The zero-order chi connectivity index (χ0) is 15.6. The van der Waals surface area contributed by atoms with Crippen molar-refractivity contribution in [1.29, 1.82) is 0 Å². The van der Waals surface area contributed by atoms with Crippen LogP contribution in [0.25, 0.3) is 5.57 Å². The van der Waals surface area contributed by atoms with Crippen molar-refractivity contribution < 1.29 is 13.1 Å². The molecule has 2 nitrogen and oxygen atoms in total. The van der Waals surface area contributed by atoms with Crippen LogP contribution >= 0.6 is 65.8 Å². The number of nitrogens with zero attached hydrogens (tertiary/aromatic N) is 2. The monoisotopic (exact) mass is 556 g/mol. The fourth-order valence-corrected chi connectivity index (χ4v) is 5.66. The van der Waals surface area contributed by atoms with Crippen LogP contribution in [0.4, 0.5) is 8.63 Å². The van der Waals surface area contributed by atoms with Gasteiger partial charge in [-0.2, -0.15) is 0 Å². The highest BCUT2D eigenvalue weighted by Gasteiger charge is 2.54. The van der Waals surface area contributed by atoms with Crippen LogP contribution in [0.15, 0.2) is 46.7 Å². The molecule has 0 radical (unpaired) electrons. The Labute approximate surface area is 159 Å². The third-order valence-electron chi connectivity index (χ3n) is 3.69. The minimum Gasteiger partial charge on any atom is -0.389 e. The quantitative estimate of drug-likeness (QED) is 0.333. The van der Waals surface area contributed by atoms with Crippen molar-refractivity contribution in [2.24, 2.45) is 0 Å². The molecule has 0 fully saturated rings. The number of aromatic nitrogens is 1. The first-order chi connectivity index (χ1) is 10.4. The first kappa shape index (κ1) is 15.3. The summed E-state index contributed by atoms with van der Waals surface area (Å²) in [4.78, 5) is 0.981. The number of rotatable bonds is 1. The molecule has 0 bridgehead atoms. The molecule has 0 saturated heterocycles. The van der Waals surface area contributed by atoms with E-state index in [0.717, 1.165) is 22.3 Å². The average molecular weight is 558 g/mol. The molecule has 0 aliphatic carbocycles. The molecule has 4 heterocycles. The minimum atomic E-state index is -3.94. The maximum Gasteiger partial charge on any atom is 0.738 e. The molecular formula is C13H6BBr2F2IN2S. The summed E-state index contributed by atoms with van der Waals surface area (Å²) in [5.74, 6) is 0. The Morgan fingerprint density at radius 3 is 2.59 bits per heavy atom. The fraction of sp³-hybridized carbons (Fsp3) is 0. The van der Waals surface area contributed by atoms with Crippen molar-refractivity contribution in [2.75, 3.05) is 0 Å². The maximum absolute atomic E-state index is 15.0. The largest absolute Gasteiger partial charge is 0.738 e. The third kappa shape index (κ3) is 2.01. The summed E-state index contributed by atoms with van der Waals surface area (Å²) in [7, 11) is 0. The summed E-state index contributed by atoms with van der Waals surface area (Å²) >= 11 is 10.3. The molecule has 0 N–H and O–H groups in total. The second kappa shape index (κ2) is 5.12. The lowest BCUT2D eigenvalue weighted by Crippen LogP contribution is -2.50. The van der Waals surface area contributed by atoms with E-state index in [1.807, 2.05) is 12.1 Å². The highest BCUT2D eigenvalue weighted by atomic mass is 127. The molecule has 2 aromatic rings. The van der Waals surface area contributed by atoms with Gasteiger partial charge in [0.2, 0.25) is 4.62 Å². The van der Waals surface area contributed by atoms with Gasteiger partial charge in [-0.05, 0) is 62.8 Å². The third-order valence-corrected chi connectivity index (χ3v) is 6.89. The summed E-state index contributed by atoms with van der Waals surface area (Å²) < 4.78 is 34.0. The first-order valence-electron chi connectivity index (χ1n) is 6.30. The van der Waals surface area contributed by atoms with E-state index in [1.54, 1.807) is 35.6 Å². The number of hydrogen-bond acceptors (Lipinski definition) is 1. The van der Waals surface area contributed by atoms with E-state index < -0.39 is 6.97 Å². The topological polar surface area (TPSA) is 7.94 Å². The molecule has 2 aromatic heterocycles. The Morgan fingerprint density at radius 1 is 1.14 bits per heavy atom. The number of fused-ring (bicyclic) bond motifs is 2. The standard InChI is InChI=1S/C13H6BBr2F2IN2S/c15-10-4-1-7-13(9-3-6-12(19)22-9)8-2-5-11(16)21(8)14(17,18)20(7)10/h1-6H. The lowest BCUT2D eigenvalue weighted by Gasteiger charge is -2.31. The summed E-state index contributed by atoms with van der Waals surface area (Å²) in [6.45, 7) is -3.94. The van der Waals surface area contributed by atoms with Crippen LogP contribution in [0.1, 0.15) is 10.6 Å². The van der Waals surface area contributed by atoms with Gasteiger partial charge in [-0.15, -0.1) is 11.3 Å². The van der Waals surface area contributed by atoms with Gasteiger partial charge in [-0.1, -0.05) is 0 Å². The molecule has 0 unspecified atom stereocenters. The zero-order valence-corrected chi connectivity index (χ0v) is 16.9. The smallest absolute Gasteiger partial charge is 0.389 e. The van der Waals surface area contributed by atoms with E-state index in [2.05, 4.69) is 54.5 Å². The molecule has 22 heavy (non-hydrogen) atoms. The molecule has 0 spiro atoms. The van der Waals surface area contributed by atoms with Crippen molar-refractivity contribution in [3.05, 3.63) is 60.2 Å². The van der Waals surface area contributed by atoms with Crippen molar-refractivity contribution >= 4 is 83.0 Å². The van der Waals surface area contributed by atoms with Gasteiger partial charge in [0, 0.05) is 38.7 Å². The molecule has 0 saturated carbocycles. The van der Waals surface area contributed by atoms with E-state index in [9.17, 15) is 8.63 Å². The molecule has 0 atom stereocenters. The van der Waals surface area contributed by atoms with E-state index in [-0.39, 0.29) is 0 Å². The van der Waals surface area contributed by atoms with Gasteiger partial charge in [0.25, 0.3) is 0 Å². The van der Waals surface area contributed by atoms with Gasteiger partial charge in [0.15, 0.2) is 5.70 Å². The Balaban J connectivity index is 2.12. The van der Waals surface area contributed by atoms with Crippen molar-refractivity contribution in [3.8, 4) is 0 Å². The Hall–Kier alpha value is -0.255. The minimum absolute atomic E-state index is 0.377. The van der Waals surface area contributed by atoms with Gasteiger partial charge in [0.1, 0.15) is 0 Å². The molecule has 2 aliphatic heterocycles. The SMILES string of the molecule is F[B-]1(F)n2c(Br)ccc2C(c2ccc(I)s2)=C2C=CC(Br)=[N+]21. The predicted octanol–water partition coefficient (Wildman–Crippen LogP) is 5.29. The average Bonchev–Trinajstić information content (AvgIpc) is 3.12. The predicted molar refractivity (Wildman–Crippen MR) is 102 cm³/mol. The van der Waals surface area contributed by atoms with Gasteiger partial charge < -0.3 is 17.6 Å². The summed E-state index contributed by atoms with van der Waals surface area (Å²) in [5, 5.41) is 0. The molecule has 0 aromatic carbocycles. The van der Waals surface area contributed by atoms with Gasteiger partial charge in [-0.3, -0.25) is 0 Å². The van der Waals surface area contributed by atoms with Gasteiger partial charge in [0.05, 0.1) is 13.1 Å². The number of hydrogen-bond donors (Lipinski definition) is 0. The molecule has 112 valence electrons. The van der Waals surface area contributed by atoms with Crippen molar-refractivity contribution in [3.63, 3.8) is 0 Å². The normalized spacial score (nSPS) is 19.0. The molecule has 9 heteroatoms. The zero-order valence-electron chi connectivity index (χ0n) is 10.7. The number of allylic oxidation sites excluding steroid dienone is 2. The highest BCUT2D eigenvalue weighted by molar-refractivity contribution is 14.1. The first-order valence-corrected chi connectivity index (χ1v) is 9.79. The number of halogens is 5. The Morgan fingerprint density at radius 2 is 1.91 bits per heavy atom. The van der Waals surface area contributed by atoms with Crippen LogP contribution in [-0.2, 0) is 0 Å². The van der Waals surface area contributed by atoms with Gasteiger partial charge in [-0.25, -0.2) is 0 Å². The van der Waals surface area contributed by atoms with Gasteiger partial charge >= 0.3 is 6.97 Å². The van der Waals surface area contributed by atoms with Crippen LogP contribution in [0.5, 0.6) is 0 Å². The van der Waals surface area contributed by atoms with Crippen LogP contribution in [-0.4, -0.2) is 20.6 Å².